The predicted octanol–water partition coefficient (Wildman–Crippen LogP) is 4.17. The molecule has 2 N–H and O–H groups in total. The molecule has 0 bridgehead atoms. The summed E-state index contributed by atoms with van der Waals surface area (Å²) in [5.74, 6) is 0. The number of nitrogens with one attached hydrogen (secondary N) is 2. The third kappa shape index (κ3) is 4.66. The lowest BCUT2D eigenvalue weighted by Gasteiger charge is -2.19. The highest BCUT2D eigenvalue weighted by Gasteiger charge is 2.10. The minimum Gasteiger partial charge on any atom is -0.371 e. The van der Waals surface area contributed by atoms with Gasteiger partial charge in [-0.05, 0) is 43.5 Å². The van der Waals surface area contributed by atoms with Gasteiger partial charge >= 0.3 is 0 Å². The van der Waals surface area contributed by atoms with E-state index in [1.807, 2.05) is 6.20 Å². The minimum absolute atomic E-state index is 0.112. The lowest BCUT2D eigenvalue weighted by Crippen LogP contribution is -2.18. The first-order valence-corrected chi connectivity index (χ1v) is 8.34. The van der Waals surface area contributed by atoms with Crippen LogP contribution in [-0.4, -0.2) is 15.8 Å². The van der Waals surface area contributed by atoms with Crippen LogP contribution in [-0.2, 0) is 24.4 Å². The summed E-state index contributed by atoms with van der Waals surface area (Å²) in [6, 6.07) is 14.9. The summed E-state index contributed by atoms with van der Waals surface area (Å²) >= 11 is 0. The van der Waals surface area contributed by atoms with E-state index >= 15 is 0 Å². The van der Waals surface area contributed by atoms with Crippen LogP contribution in [0.4, 0.5) is 0 Å². The number of aromatic amines is 1. The number of nitrogens with zero attached hydrogens (tertiary/aromatic N) is 1. The molecule has 0 fully saturated rings. The first kappa shape index (κ1) is 16.7. The summed E-state index contributed by atoms with van der Waals surface area (Å²) in [6.45, 7) is 8.55. The normalized spacial score (nSPS) is 12.0. The maximum absolute atomic E-state index is 5.85. The van der Waals surface area contributed by atoms with Gasteiger partial charge < -0.3 is 10.1 Å². The Morgan fingerprint density at radius 2 is 1.75 bits per heavy atom. The number of rotatable bonds is 6. The second kappa shape index (κ2) is 7.16. The molecule has 0 unspecified atom stereocenters. The van der Waals surface area contributed by atoms with Crippen molar-refractivity contribution < 1.29 is 4.74 Å². The average molecular weight is 323 g/mol. The molecule has 0 amide bonds. The fourth-order valence-electron chi connectivity index (χ4n) is 2.57. The van der Waals surface area contributed by atoms with Gasteiger partial charge in [-0.2, -0.15) is 5.10 Å². The number of ether oxygens (including phenoxy) is 1. The molecule has 0 atom stereocenters. The lowest BCUT2D eigenvalue weighted by atomic mass is 10.1. The van der Waals surface area contributed by atoms with Gasteiger partial charge in [0.15, 0.2) is 0 Å². The predicted molar refractivity (Wildman–Crippen MR) is 97.6 cm³/mol. The van der Waals surface area contributed by atoms with E-state index in [1.165, 1.54) is 16.7 Å². The van der Waals surface area contributed by atoms with E-state index in [4.69, 9.17) is 4.74 Å². The molecule has 4 heteroatoms. The molecule has 126 valence electrons. The maximum atomic E-state index is 5.85. The zero-order valence-electron chi connectivity index (χ0n) is 14.6. The largest absolute Gasteiger partial charge is 0.371 e. The Balaban J connectivity index is 1.54. The molecule has 2 aromatic carbocycles. The van der Waals surface area contributed by atoms with E-state index in [1.54, 1.807) is 0 Å². The highest BCUT2D eigenvalue weighted by molar-refractivity contribution is 5.78. The van der Waals surface area contributed by atoms with Gasteiger partial charge in [-0.1, -0.05) is 36.4 Å². The summed E-state index contributed by atoms with van der Waals surface area (Å²) in [5, 5.41) is 11.7. The molecule has 0 radical (unpaired) electrons. The molecule has 1 aromatic heterocycles. The van der Waals surface area contributed by atoms with Gasteiger partial charge in [-0.25, -0.2) is 0 Å². The van der Waals surface area contributed by atoms with Crippen LogP contribution in [0.5, 0.6) is 0 Å². The van der Waals surface area contributed by atoms with Gasteiger partial charge in [0.2, 0.25) is 0 Å². The van der Waals surface area contributed by atoms with Crippen molar-refractivity contribution in [2.24, 2.45) is 0 Å². The molecular weight excluding hydrogens is 298 g/mol. The molecule has 3 aromatic rings. The van der Waals surface area contributed by atoms with Crippen LogP contribution in [0, 0.1) is 0 Å². The average Bonchev–Trinajstić information content (AvgIpc) is 3.00. The van der Waals surface area contributed by atoms with Crippen molar-refractivity contribution in [2.45, 2.75) is 46.1 Å². The highest BCUT2D eigenvalue weighted by atomic mass is 16.5. The molecule has 0 aliphatic heterocycles. The van der Waals surface area contributed by atoms with Crippen LogP contribution < -0.4 is 5.32 Å². The van der Waals surface area contributed by atoms with Crippen LogP contribution in [0.1, 0.15) is 37.5 Å². The number of benzene rings is 2. The van der Waals surface area contributed by atoms with Gasteiger partial charge in [-0.3, -0.25) is 5.10 Å². The molecule has 0 aliphatic carbocycles. The lowest BCUT2D eigenvalue weighted by molar-refractivity contribution is -0.0149. The van der Waals surface area contributed by atoms with Crippen molar-refractivity contribution in [1.82, 2.24) is 15.5 Å². The van der Waals surface area contributed by atoms with Crippen LogP contribution in [0.2, 0.25) is 0 Å². The Morgan fingerprint density at radius 1 is 1.00 bits per heavy atom. The molecule has 1 heterocycles. The number of fused-ring (bicyclic) bond motifs is 1. The summed E-state index contributed by atoms with van der Waals surface area (Å²) in [5.41, 5.74) is 4.70. The van der Waals surface area contributed by atoms with Crippen molar-refractivity contribution in [3.63, 3.8) is 0 Å². The second-order valence-corrected chi connectivity index (χ2v) is 7.12. The Kier molecular flexibility index (Phi) is 4.97. The van der Waals surface area contributed by atoms with Gasteiger partial charge in [0.25, 0.3) is 0 Å². The van der Waals surface area contributed by atoms with Crippen molar-refractivity contribution in [1.29, 1.82) is 0 Å². The fraction of sp³-hybridized carbons (Fsp3) is 0.350. The SMILES string of the molecule is CC(C)(C)OCc1cccc(CNCc2ccc3cn[nH]c3c2)c1. The molecule has 0 aliphatic rings. The third-order valence-corrected chi connectivity index (χ3v) is 3.83. The van der Waals surface area contributed by atoms with Gasteiger partial charge in [0.1, 0.15) is 0 Å². The summed E-state index contributed by atoms with van der Waals surface area (Å²) < 4.78 is 5.85. The second-order valence-electron chi connectivity index (χ2n) is 7.12. The first-order valence-electron chi connectivity index (χ1n) is 8.34. The van der Waals surface area contributed by atoms with Crippen LogP contribution in [0.25, 0.3) is 10.9 Å². The molecular formula is C20H25N3O. The van der Waals surface area contributed by atoms with Crippen molar-refractivity contribution in [3.05, 3.63) is 65.4 Å². The van der Waals surface area contributed by atoms with Crippen molar-refractivity contribution >= 4 is 10.9 Å². The number of H-pyrrole nitrogens is 1. The van der Waals surface area contributed by atoms with Crippen LogP contribution >= 0.6 is 0 Å². The Morgan fingerprint density at radius 3 is 2.54 bits per heavy atom. The van der Waals surface area contributed by atoms with Crippen molar-refractivity contribution in [2.75, 3.05) is 0 Å². The maximum Gasteiger partial charge on any atom is 0.0724 e. The molecule has 0 spiro atoms. The van der Waals surface area contributed by atoms with Gasteiger partial charge in [-0.15, -0.1) is 0 Å². The first-order chi connectivity index (χ1) is 11.5. The summed E-state index contributed by atoms with van der Waals surface area (Å²) in [7, 11) is 0. The number of hydrogen-bond acceptors (Lipinski definition) is 3. The summed E-state index contributed by atoms with van der Waals surface area (Å²) in [6.07, 6.45) is 1.84. The van der Waals surface area contributed by atoms with Crippen LogP contribution in [0.3, 0.4) is 0 Å². The number of aromatic nitrogens is 2. The van der Waals surface area contributed by atoms with Crippen LogP contribution in [0.15, 0.2) is 48.7 Å². The topological polar surface area (TPSA) is 49.9 Å². The van der Waals surface area contributed by atoms with E-state index in [9.17, 15) is 0 Å². The Hall–Kier alpha value is -2.17. The standard InChI is InChI=1S/C20H25N3O/c1-20(2,3)24-14-17-6-4-5-15(9-17)11-21-12-16-7-8-18-13-22-23-19(18)10-16/h4-10,13,21H,11-12,14H2,1-3H3,(H,22,23). The monoisotopic (exact) mass is 323 g/mol. The zero-order valence-corrected chi connectivity index (χ0v) is 14.6. The molecule has 0 saturated heterocycles. The van der Waals surface area contributed by atoms with E-state index in [-0.39, 0.29) is 5.60 Å². The molecule has 4 nitrogen and oxygen atoms in total. The smallest absolute Gasteiger partial charge is 0.0724 e. The minimum atomic E-state index is -0.112. The Labute approximate surface area is 143 Å². The molecule has 24 heavy (non-hydrogen) atoms. The van der Waals surface area contributed by atoms with E-state index < -0.39 is 0 Å². The van der Waals surface area contributed by atoms with Gasteiger partial charge in [0, 0.05) is 18.5 Å². The van der Waals surface area contributed by atoms with E-state index in [0.29, 0.717) is 6.61 Å². The Bertz CT molecular complexity index is 802. The summed E-state index contributed by atoms with van der Waals surface area (Å²) in [4.78, 5) is 0. The fourth-order valence-corrected chi connectivity index (χ4v) is 2.57. The van der Waals surface area contributed by atoms with E-state index in [0.717, 1.165) is 24.0 Å². The van der Waals surface area contributed by atoms with E-state index in [2.05, 4.69) is 78.7 Å². The quantitative estimate of drug-likeness (QED) is 0.716. The highest BCUT2D eigenvalue weighted by Crippen LogP contribution is 2.14. The van der Waals surface area contributed by atoms with Crippen molar-refractivity contribution in [3.8, 4) is 0 Å². The van der Waals surface area contributed by atoms with Gasteiger partial charge in [0.05, 0.1) is 23.9 Å². The third-order valence-electron chi connectivity index (χ3n) is 3.83. The molecule has 0 saturated carbocycles. The molecule has 3 rings (SSSR count). The zero-order chi connectivity index (χ0) is 17.0. The number of hydrogen-bond donors (Lipinski definition) is 2.